The standard InChI is InChI=1S/C14H21BF2N2O2/c1-12(2)13(3,4)21-15(20-12)11-7-18-19(9-11)8-10-5-14(16,17)6-10/h7,9-10H,5-6,8H2,1-4H3. The Bertz CT molecular complexity index is 521. The first-order valence-corrected chi connectivity index (χ1v) is 7.34. The molecule has 0 unspecified atom stereocenters. The predicted octanol–water partition coefficient (Wildman–Crippen LogP) is 2.23. The fourth-order valence-electron chi connectivity index (χ4n) is 2.76. The number of hydrogen-bond acceptors (Lipinski definition) is 3. The lowest BCUT2D eigenvalue weighted by Gasteiger charge is -2.34. The maximum Gasteiger partial charge on any atom is 0.498 e. The summed E-state index contributed by atoms with van der Waals surface area (Å²) in [6.07, 6.45) is 3.44. The molecular formula is C14H21BF2N2O2. The van der Waals surface area contributed by atoms with Gasteiger partial charge in [0.25, 0.3) is 0 Å². The molecule has 2 heterocycles. The molecule has 1 saturated heterocycles. The molecule has 1 saturated carbocycles. The number of halogens is 2. The average Bonchev–Trinajstić information content (AvgIpc) is 2.80. The molecule has 2 fully saturated rings. The van der Waals surface area contributed by atoms with Crippen LogP contribution in [0.25, 0.3) is 0 Å². The highest BCUT2D eigenvalue weighted by Crippen LogP contribution is 2.43. The van der Waals surface area contributed by atoms with E-state index in [9.17, 15) is 8.78 Å². The van der Waals surface area contributed by atoms with E-state index in [0.29, 0.717) is 6.54 Å². The Balaban J connectivity index is 1.64. The zero-order valence-corrected chi connectivity index (χ0v) is 12.9. The van der Waals surface area contributed by atoms with Crippen LogP contribution >= 0.6 is 0 Å². The minimum absolute atomic E-state index is 0.00560. The normalized spacial score (nSPS) is 26.9. The van der Waals surface area contributed by atoms with Crippen LogP contribution in [0, 0.1) is 5.92 Å². The van der Waals surface area contributed by atoms with Crippen molar-refractivity contribution in [1.29, 1.82) is 0 Å². The minimum Gasteiger partial charge on any atom is -0.399 e. The fraction of sp³-hybridized carbons (Fsp3) is 0.786. The Labute approximate surface area is 123 Å². The molecule has 1 aromatic heterocycles. The lowest BCUT2D eigenvalue weighted by atomic mass is 9.81. The summed E-state index contributed by atoms with van der Waals surface area (Å²) in [4.78, 5) is 0. The second kappa shape index (κ2) is 4.52. The first-order valence-electron chi connectivity index (χ1n) is 7.34. The monoisotopic (exact) mass is 298 g/mol. The van der Waals surface area contributed by atoms with Gasteiger partial charge in [0.15, 0.2) is 0 Å². The van der Waals surface area contributed by atoms with Gasteiger partial charge in [-0.25, -0.2) is 8.78 Å². The Morgan fingerprint density at radius 2 is 1.81 bits per heavy atom. The van der Waals surface area contributed by atoms with Gasteiger partial charge < -0.3 is 9.31 Å². The number of alkyl halides is 2. The molecule has 0 N–H and O–H groups in total. The lowest BCUT2D eigenvalue weighted by molar-refractivity contribution is -0.114. The number of nitrogens with zero attached hydrogens (tertiary/aromatic N) is 2. The van der Waals surface area contributed by atoms with Crippen molar-refractivity contribution < 1.29 is 18.1 Å². The van der Waals surface area contributed by atoms with E-state index < -0.39 is 24.2 Å². The van der Waals surface area contributed by atoms with Crippen LogP contribution in [0.2, 0.25) is 0 Å². The topological polar surface area (TPSA) is 36.3 Å². The van der Waals surface area contributed by atoms with Crippen molar-refractivity contribution in [2.24, 2.45) is 5.92 Å². The Kier molecular flexibility index (Phi) is 3.22. The van der Waals surface area contributed by atoms with Gasteiger partial charge in [-0.15, -0.1) is 0 Å². The maximum absolute atomic E-state index is 12.8. The molecule has 0 radical (unpaired) electrons. The Morgan fingerprint density at radius 1 is 1.24 bits per heavy atom. The quantitative estimate of drug-likeness (QED) is 0.803. The molecule has 0 aromatic carbocycles. The van der Waals surface area contributed by atoms with Crippen LogP contribution in [0.4, 0.5) is 8.78 Å². The average molecular weight is 298 g/mol. The van der Waals surface area contributed by atoms with Crippen molar-refractivity contribution in [1.82, 2.24) is 9.78 Å². The molecule has 21 heavy (non-hydrogen) atoms. The largest absolute Gasteiger partial charge is 0.498 e. The van der Waals surface area contributed by atoms with Gasteiger partial charge in [-0.1, -0.05) is 0 Å². The lowest BCUT2D eigenvalue weighted by Crippen LogP contribution is -2.41. The SMILES string of the molecule is CC1(C)OB(c2cnn(CC3CC(F)(F)C3)c2)OC1(C)C. The molecule has 3 rings (SSSR count). The van der Waals surface area contributed by atoms with E-state index in [-0.39, 0.29) is 18.8 Å². The van der Waals surface area contributed by atoms with Crippen molar-refractivity contribution in [2.75, 3.05) is 0 Å². The van der Waals surface area contributed by atoms with Crippen molar-refractivity contribution >= 4 is 12.6 Å². The van der Waals surface area contributed by atoms with Crippen LogP contribution in [-0.2, 0) is 15.9 Å². The minimum atomic E-state index is -2.48. The Hall–Kier alpha value is -0.945. The summed E-state index contributed by atoms with van der Waals surface area (Å²) in [5, 5.41) is 4.24. The number of rotatable bonds is 3. The smallest absolute Gasteiger partial charge is 0.399 e. The van der Waals surface area contributed by atoms with Crippen molar-refractivity contribution in [3.8, 4) is 0 Å². The summed E-state index contributed by atoms with van der Waals surface area (Å²) in [6, 6.07) is 0. The van der Waals surface area contributed by atoms with Crippen LogP contribution in [0.1, 0.15) is 40.5 Å². The molecule has 0 spiro atoms. The highest BCUT2D eigenvalue weighted by Gasteiger charge is 2.52. The molecule has 4 nitrogen and oxygen atoms in total. The number of hydrogen-bond donors (Lipinski definition) is 0. The van der Waals surface area contributed by atoms with E-state index in [1.165, 1.54) is 0 Å². The van der Waals surface area contributed by atoms with E-state index in [1.807, 2.05) is 33.9 Å². The van der Waals surface area contributed by atoms with E-state index in [4.69, 9.17) is 9.31 Å². The van der Waals surface area contributed by atoms with Gasteiger partial charge in [0, 0.05) is 37.2 Å². The summed E-state index contributed by atoms with van der Waals surface area (Å²) < 4.78 is 39.3. The second-order valence-electron chi connectivity index (χ2n) is 7.21. The van der Waals surface area contributed by atoms with Gasteiger partial charge in [-0.05, 0) is 33.6 Å². The van der Waals surface area contributed by atoms with Crippen LogP contribution in [-0.4, -0.2) is 34.0 Å². The molecule has 7 heteroatoms. The molecule has 1 aliphatic carbocycles. The van der Waals surface area contributed by atoms with Crippen molar-refractivity contribution in [3.63, 3.8) is 0 Å². The summed E-state index contributed by atoms with van der Waals surface area (Å²) >= 11 is 0. The van der Waals surface area contributed by atoms with E-state index >= 15 is 0 Å². The first kappa shape index (κ1) is 15.0. The fourth-order valence-corrected chi connectivity index (χ4v) is 2.76. The van der Waals surface area contributed by atoms with E-state index in [0.717, 1.165) is 5.46 Å². The molecule has 1 aromatic rings. The third kappa shape index (κ3) is 2.73. The van der Waals surface area contributed by atoms with E-state index in [2.05, 4.69) is 5.10 Å². The highest BCUT2D eigenvalue weighted by molar-refractivity contribution is 6.61. The molecule has 2 aliphatic rings. The Morgan fingerprint density at radius 3 is 2.33 bits per heavy atom. The van der Waals surface area contributed by atoms with E-state index in [1.54, 1.807) is 10.9 Å². The van der Waals surface area contributed by atoms with Gasteiger partial charge in [-0.3, -0.25) is 4.68 Å². The second-order valence-corrected chi connectivity index (χ2v) is 7.21. The van der Waals surface area contributed by atoms with Crippen LogP contribution < -0.4 is 5.46 Å². The predicted molar refractivity (Wildman–Crippen MR) is 75.6 cm³/mol. The van der Waals surface area contributed by atoms with Gasteiger partial charge in [-0.2, -0.15) is 5.10 Å². The van der Waals surface area contributed by atoms with Crippen molar-refractivity contribution in [2.45, 2.75) is 64.2 Å². The van der Waals surface area contributed by atoms with Crippen LogP contribution in [0.15, 0.2) is 12.4 Å². The molecule has 0 atom stereocenters. The number of aromatic nitrogens is 2. The molecule has 1 aliphatic heterocycles. The summed E-state index contributed by atoms with van der Waals surface area (Å²) in [6.45, 7) is 8.50. The van der Waals surface area contributed by atoms with Gasteiger partial charge in [0.05, 0.1) is 11.2 Å². The first-order chi connectivity index (χ1) is 9.58. The zero-order chi connectivity index (χ0) is 15.5. The summed E-state index contributed by atoms with van der Waals surface area (Å²) in [5.74, 6) is -2.47. The molecular weight excluding hydrogens is 277 g/mol. The van der Waals surface area contributed by atoms with Crippen molar-refractivity contribution in [3.05, 3.63) is 12.4 Å². The molecule has 0 amide bonds. The third-order valence-electron chi connectivity index (χ3n) is 4.80. The zero-order valence-electron chi connectivity index (χ0n) is 12.9. The summed E-state index contributed by atoms with van der Waals surface area (Å²) in [7, 11) is -0.452. The summed E-state index contributed by atoms with van der Waals surface area (Å²) in [5.41, 5.74) is 0.0470. The molecule has 116 valence electrons. The van der Waals surface area contributed by atoms with Gasteiger partial charge >= 0.3 is 7.12 Å². The highest BCUT2D eigenvalue weighted by atomic mass is 19.3. The maximum atomic E-state index is 12.8. The van der Waals surface area contributed by atoms with Gasteiger partial charge in [0.2, 0.25) is 5.92 Å². The van der Waals surface area contributed by atoms with Gasteiger partial charge in [0.1, 0.15) is 0 Å². The van der Waals surface area contributed by atoms with Crippen LogP contribution in [0.3, 0.4) is 0 Å². The molecule has 0 bridgehead atoms. The third-order valence-corrected chi connectivity index (χ3v) is 4.80. The van der Waals surface area contributed by atoms with Crippen LogP contribution in [0.5, 0.6) is 0 Å².